The standard InChI is InChI=1S/C18H27BO2/c1-16(2)11-7-8-13-12-14(9-10-15(13)16)19-20-17(3,4)18(5,6)21-19/h9-10,12H,7-8,11H2,1-6H3. The van der Waals surface area contributed by atoms with E-state index in [9.17, 15) is 0 Å². The maximum Gasteiger partial charge on any atom is 0.494 e. The van der Waals surface area contributed by atoms with E-state index in [-0.39, 0.29) is 18.3 Å². The van der Waals surface area contributed by atoms with Crippen molar-refractivity contribution in [1.29, 1.82) is 0 Å². The summed E-state index contributed by atoms with van der Waals surface area (Å²) in [5.41, 5.74) is 3.87. The van der Waals surface area contributed by atoms with Crippen molar-refractivity contribution in [1.82, 2.24) is 0 Å². The molecule has 0 aromatic heterocycles. The van der Waals surface area contributed by atoms with Gasteiger partial charge in [-0.15, -0.1) is 0 Å². The zero-order valence-electron chi connectivity index (χ0n) is 14.2. The highest BCUT2D eigenvalue weighted by atomic mass is 16.7. The molecule has 0 saturated carbocycles. The average molecular weight is 286 g/mol. The molecule has 3 rings (SSSR count). The van der Waals surface area contributed by atoms with Crippen LogP contribution in [-0.2, 0) is 21.1 Å². The van der Waals surface area contributed by atoms with Gasteiger partial charge in [-0.2, -0.15) is 0 Å². The van der Waals surface area contributed by atoms with E-state index < -0.39 is 0 Å². The first-order chi connectivity index (χ1) is 9.62. The molecule has 0 unspecified atom stereocenters. The van der Waals surface area contributed by atoms with E-state index in [2.05, 4.69) is 59.7 Å². The van der Waals surface area contributed by atoms with Crippen LogP contribution in [0.25, 0.3) is 0 Å². The summed E-state index contributed by atoms with van der Waals surface area (Å²) in [5, 5.41) is 0. The van der Waals surface area contributed by atoms with Crippen LogP contribution in [0.4, 0.5) is 0 Å². The predicted molar refractivity (Wildman–Crippen MR) is 88.1 cm³/mol. The molecule has 2 aliphatic rings. The summed E-state index contributed by atoms with van der Waals surface area (Å²) in [5.74, 6) is 0. The smallest absolute Gasteiger partial charge is 0.399 e. The van der Waals surface area contributed by atoms with Crippen molar-refractivity contribution in [2.45, 2.75) is 77.4 Å². The Kier molecular flexibility index (Phi) is 3.31. The topological polar surface area (TPSA) is 18.5 Å². The summed E-state index contributed by atoms with van der Waals surface area (Å²) >= 11 is 0. The summed E-state index contributed by atoms with van der Waals surface area (Å²) < 4.78 is 12.3. The molecule has 1 aliphatic carbocycles. The Hall–Kier alpha value is -0.795. The number of hydrogen-bond donors (Lipinski definition) is 0. The molecule has 114 valence electrons. The first kappa shape index (κ1) is 15.1. The van der Waals surface area contributed by atoms with Crippen LogP contribution >= 0.6 is 0 Å². The minimum Gasteiger partial charge on any atom is -0.399 e. The van der Waals surface area contributed by atoms with Crippen LogP contribution in [-0.4, -0.2) is 18.3 Å². The van der Waals surface area contributed by atoms with Crippen LogP contribution in [0.1, 0.15) is 65.5 Å². The van der Waals surface area contributed by atoms with Gasteiger partial charge in [-0.3, -0.25) is 0 Å². The zero-order chi connectivity index (χ0) is 15.5. The zero-order valence-corrected chi connectivity index (χ0v) is 14.2. The molecular formula is C18H27BO2. The van der Waals surface area contributed by atoms with Gasteiger partial charge in [0.2, 0.25) is 0 Å². The number of benzene rings is 1. The second kappa shape index (κ2) is 4.60. The lowest BCUT2D eigenvalue weighted by molar-refractivity contribution is 0.00578. The molecule has 1 aliphatic heterocycles. The maximum atomic E-state index is 6.17. The highest BCUT2D eigenvalue weighted by Gasteiger charge is 2.51. The van der Waals surface area contributed by atoms with Gasteiger partial charge >= 0.3 is 7.12 Å². The molecule has 2 nitrogen and oxygen atoms in total. The van der Waals surface area contributed by atoms with E-state index in [0.717, 1.165) is 5.46 Å². The first-order valence-corrected chi connectivity index (χ1v) is 8.11. The van der Waals surface area contributed by atoms with E-state index in [0.29, 0.717) is 5.41 Å². The molecule has 1 heterocycles. The van der Waals surface area contributed by atoms with E-state index in [1.54, 1.807) is 0 Å². The van der Waals surface area contributed by atoms with Crippen molar-refractivity contribution >= 4 is 12.6 Å². The van der Waals surface area contributed by atoms with Crippen LogP contribution < -0.4 is 5.46 Å². The SMILES string of the molecule is CC1(C)CCCc2cc(B3OC(C)(C)C(C)(C)O3)ccc21. The molecule has 21 heavy (non-hydrogen) atoms. The van der Waals surface area contributed by atoms with Crippen LogP contribution in [0, 0.1) is 0 Å². The molecule has 1 aromatic rings. The third-order valence-electron chi connectivity index (χ3n) is 5.63. The van der Waals surface area contributed by atoms with E-state index >= 15 is 0 Å². The van der Waals surface area contributed by atoms with Crippen molar-refractivity contribution in [2.24, 2.45) is 0 Å². The molecule has 0 bridgehead atoms. The highest BCUT2D eigenvalue weighted by Crippen LogP contribution is 2.38. The minimum absolute atomic E-state index is 0.245. The lowest BCUT2D eigenvalue weighted by Crippen LogP contribution is -2.41. The average Bonchev–Trinajstić information content (AvgIpc) is 2.57. The highest BCUT2D eigenvalue weighted by molar-refractivity contribution is 6.62. The normalized spacial score (nSPS) is 25.7. The second-order valence-electron chi connectivity index (χ2n) is 8.24. The fraction of sp³-hybridized carbons (Fsp3) is 0.667. The number of rotatable bonds is 1. The lowest BCUT2D eigenvalue weighted by atomic mass is 9.69. The molecule has 0 spiro atoms. The van der Waals surface area contributed by atoms with Crippen LogP contribution in [0.15, 0.2) is 18.2 Å². The second-order valence-corrected chi connectivity index (χ2v) is 8.24. The van der Waals surface area contributed by atoms with Gasteiger partial charge in [0.1, 0.15) is 0 Å². The van der Waals surface area contributed by atoms with Crippen molar-refractivity contribution < 1.29 is 9.31 Å². The minimum atomic E-state index is -0.271. The first-order valence-electron chi connectivity index (χ1n) is 8.11. The largest absolute Gasteiger partial charge is 0.494 e. The van der Waals surface area contributed by atoms with E-state index in [4.69, 9.17) is 9.31 Å². The fourth-order valence-electron chi connectivity index (χ4n) is 3.46. The van der Waals surface area contributed by atoms with Crippen molar-refractivity contribution in [3.63, 3.8) is 0 Å². The fourth-order valence-corrected chi connectivity index (χ4v) is 3.46. The molecule has 0 atom stereocenters. The van der Waals surface area contributed by atoms with E-state index in [1.807, 2.05) is 0 Å². The summed E-state index contributed by atoms with van der Waals surface area (Å²) in [4.78, 5) is 0. The Morgan fingerprint density at radius 1 is 0.952 bits per heavy atom. The van der Waals surface area contributed by atoms with Gasteiger partial charge in [0.05, 0.1) is 11.2 Å². The number of aryl methyl sites for hydroxylation is 1. The Morgan fingerprint density at radius 2 is 1.57 bits per heavy atom. The molecule has 1 aromatic carbocycles. The summed E-state index contributed by atoms with van der Waals surface area (Å²) in [6.45, 7) is 13.1. The molecule has 1 saturated heterocycles. The molecular weight excluding hydrogens is 259 g/mol. The van der Waals surface area contributed by atoms with Gasteiger partial charge in [-0.05, 0) is 69.0 Å². The lowest BCUT2D eigenvalue weighted by Gasteiger charge is -2.33. The third-order valence-corrected chi connectivity index (χ3v) is 5.63. The summed E-state index contributed by atoms with van der Waals surface area (Å²) in [6, 6.07) is 6.78. The number of fused-ring (bicyclic) bond motifs is 1. The number of hydrogen-bond acceptors (Lipinski definition) is 2. The molecule has 1 fully saturated rings. The van der Waals surface area contributed by atoms with Gasteiger partial charge in [0.15, 0.2) is 0 Å². The molecule has 0 amide bonds. The Morgan fingerprint density at radius 3 is 2.19 bits per heavy atom. The third kappa shape index (κ3) is 2.45. The Labute approximate surface area is 129 Å². The van der Waals surface area contributed by atoms with Gasteiger partial charge < -0.3 is 9.31 Å². The van der Waals surface area contributed by atoms with Gasteiger partial charge in [0.25, 0.3) is 0 Å². The van der Waals surface area contributed by atoms with Crippen molar-refractivity contribution in [3.8, 4) is 0 Å². The van der Waals surface area contributed by atoms with Crippen molar-refractivity contribution in [3.05, 3.63) is 29.3 Å². The maximum absolute atomic E-state index is 6.17. The van der Waals surface area contributed by atoms with Crippen molar-refractivity contribution in [2.75, 3.05) is 0 Å². The summed E-state index contributed by atoms with van der Waals surface area (Å²) in [7, 11) is -0.245. The Bertz CT molecular complexity index is 544. The molecule has 0 N–H and O–H groups in total. The predicted octanol–water partition coefficient (Wildman–Crippen LogP) is 3.60. The van der Waals surface area contributed by atoms with Gasteiger partial charge in [-0.1, -0.05) is 32.0 Å². The van der Waals surface area contributed by atoms with Crippen LogP contribution in [0.2, 0.25) is 0 Å². The van der Waals surface area contributed by atoms with Gasteiger partial charge in [-0.25, -0.2) is 0 Å². The monoisotopic (exact) mass is 286 g/mol. The van der Waals surface area contributed by atoms with Gasteiger partial charge in [0, 0.05) is 0 Å². The van der Waals surface area contributed by atoms with Crippen LogP contribution in [0.3, 0.4) is 0 Å². The molecule has 0 radical (unpaired) electrons. The van der Waals surface area contributed by atoms with E-state index in [1.165, 1.54) is 30.4 Å². The quantitative estimate of drug-likeness (QED) is 0.734. The molecule has 3 heteroatoms. The Balaban J connectivity index is 1.93. The summed E-state index contributed by atoms with van der Waals surface area (Å²) in [6.07, 6.45) is 3.72. The van der Waals surface area contributed by atoms with Crippen LogP contribution in [0.5, 0.6) is 0 Å².